The summed E-state index contributed by atoms with van der Waals surface area (Å²) in [5, 5.41) is 13.6. The third-order valence-corrected chi connectivity index (χ3v) is 4.20. The molecule has 0 aromatic heterocycles. The lowest BCUT2D eigenvalue weighted by atomic mass is 10.1. The Morgan fingerprint density at radius 3 is 2.87 bits per heavy atom. The van der Waals surface area contributed by atoms with Crippen molar-refractivity contribution in [2.45, 2.75) is 18.6 Å². The van der Waals surface area contributed by atoms with Gasteiger partial charge < -0.3 is 24.6 Å². The van der Waals surface area contributed by atoms with Gasteiger partial charge in [0.05, 0.1) is 6.10 Å². The van der Waals surface area contributed by atoms with Gasteiger partial charge in [0.25, 0.3) is 0 Å². The predicted octanol–water partition coefficient (Wildman–Crippen LogP) is 2.04. The largest absolute Gasteiger partial charge is 0.488 e. The molecule has 0 saturated heterocycles. The van der Waals surface area contributed by atoms with Crippen LogP contribution in [0.15, 0.2) is 42.5 Å². The molecular formula is C18H19NO4. The van der Waals surface area contributed by atoms with E-state index in [1.165, 1.54) is 5.56 Å². The molecule has 5 nitrogen and oxygen atoms in total. The summed E-state index contributed by atoms with van der Waals surface area (Å²) in [4.78, 5) is 0. The Labute approximate surface area is 134 Å². The van der Waals surface area contributed by atoms with Crippen LogP contribution in [0, 0.1) is 0 Å². The fourth-order valence-corrected chi connectivity index (χ4v) is 2.99. The minimum Gasteiger partial charge on any atom is -0.488 e. The van der Waals surface area contributed by atoms with Crippen molar-refractivity contribution in [3.63, 3.8) is 0 Å². The molecule has 2 unspecified atom stereocenters. The standard InChI is InChI=1S/C18H19NO4/c20-15(12-5-6-17-18(8-12)22-11-21-17)10-19-9-14-7-13-3-1-2-4-16(13)23-14/h1-6,8,14-15,19-20H,7,9-11H2. The van der Waals surface area contributed by atoms with Gasteiger partial charge in [0.15, 0.2) is 11.5 Å². The second kappa shape index (κ2) is 6.10. The first-order valence-electron chi connectivity index (χ1n) is 7.82. The Balaban J connectivity index is 1.28. The Kier molecular flexibility index (Phi) is 3.81. The van der Waals surface area contributed by atoms with Gasteiger partial charge in [-0.15, -0.1) is 0 Å². The van der Waals surface area contributed by atoms with Gasteiger partial charge in [-0.25, -0.2) is 0 Å². The summed E-state index contributed by atoms with van der Waals surface area (Å²) in [5.41, 5.74) is 2.06. The highest BCUT2D eigenvalue weighted by Crippen LogP contribution is 2.34. The number of hydrogen-bond donors (Lipinski definition) is 2. The van der Waals surface area contributed by atoms with Gasteiger partial charge >= 0.3 is 0 Å². The van der Waals surface area contributed by atoms with E-state index in [4.69, 9.17) is 14.2 Å². The zero-order valence-electron chi connectivity index (χ0n) is 12.7. The summed E-state index contributed by atoms with van der Waals surface area (Å²) >= 11 is 0. The molecule has 2 aliphatic rings. The van der Waals surface area contributed by atoms with Crippen molar-refractivity contribution in [3.8, 4) is 17.2 Å². The van der Waals surface area contributed by atoms with Gasteiger partial charge in [-0.1, -0.05) is 24.3 Å². The summed E-state index contributed by atoms with van der Waals surface area (Å²) < 4.78 is 16.5. The van der Waals surface area contributed by atoms with Gasteiger partial charge in [0.1, 0.15) is 11.9 Å². The molecule has 0 fully saturated rings. The maximum atomic E-state index is 10.3. The number of benzene rings is 2. The van der Waals surface area contributed by atoms with Gasteiger partial charge in [-0.2, -0.15) is 0 Å². The van der Waals surface area contributed by atoms with E-state index >= 15 is 0 Å². The Bertz CT molecular complexity index is 678. The molecule has 23 heavy (non-hydrogen) atoms. The van der Waals surface area contributed by atoms with E-state index in [0.29, 0.717) is 18.8 Å². The molecule has 2 N–H and O–H groups in total. The zero-order chi connectivity index (χ0) is 15.6. The van der Waals surface area contributed by atoms with Crippen molar-refractivity contribution in [1.29, 1.82) is 0 Å². The molecule has 0 spiro atoms. The van der Waals surface area contributed by atoms with Crippen LogP contribution in [0.5, 0.6) is 17.2 Å². The quantitative estimate of drug-likeness (QED) is 0.884. The Hall–Kier alpha value is -2.24. The third kappa shape index (κ3) is 2.98. The number of para-hydroxylation sites is 1. The summed E-state index contributed by atoms with van der Waals surface area (Å²) in [6.45, 7) is 1.42. The molecule has 0 saturated carbocycles. The molecule has 2 aromatic rings. The van der Waals surface area contributed by atoms with Crippen LogP contribution >= 0.6 is 0 Å². The van der Waals surface area contributed by atoms with E-state index in [2.05, 4.69) is 11.4 Å². The van der Waals surface area contributed by atoms with Crippen molar-refractivity contribution in [2.75, 3.05) is 19.9 Å². The Morgan fingerprint density at radius 2 is 1.96 bits per heavy atom. The van der Waals surface area contributed by atoms with E-state index < -0.39 is 6.10 Å². The van der Waals surface area contributed by atoms with Crippen LogP contribution in [0.3, 0.4) is 0 Å². The molecule has 4 rings (SSSR count). The van der Waals surface area contributed by atoms with Crippen molar-refractivity contribution >= 4 is 0 Å². The fourth-order valence-electron chi connectivity index (χ4n) is 2.99. The van der Waals surface area contributed by atoms with Crippen molar-refractivity contribution in [3.05, 3.63) is 53.6 Å². The molecule has 0 radical (unpaired) electrons. The molecular weight excluding hydrogens is 294 g/mol. The fraction of sp³-hybridized carbons (Fsp3) is 0.333. The first-order chi connectivity index (χ1) is 11.3. The minimum atomic E-state index is -0.590. The summed E-state index contributed by atoms with van der Waals surface area (Å²) in [6, 6.07) is 13.6. The van der Waals surface area contributed by atoms with E-state index in [9.17, 15) is 5.11 Å². The molecule has 5 heteroatoms. The SMILES string of the molecule is OC(CNCC1Cc2ccccc2O1)c1ccc2c(c1)OCO2. The highest BCUT2D eigenvalue weighted by atomic mass is 16.7. The maximum Gasteiger partial charge on any atom is 0.231 e. The van der Waals surface area contributed by atoms with Crippen molar-refractivity contribution < 1.29 is 19.3 Å². The van der Waals surface area contributed by atoms with Gasteiger partial charge in [0.2, 0.25) is 6.79 Å². The number of aliphatic hydroxyl groups is 1. The topological polar surface area (TPSA) is 60.0 Å². The maximum absolute atomic E-state index is 10.3. The third-order valence-electron chi connectivity index (χ3n) is 4.20. The lowest BCUT2D eigenvalue weighted by Gasteiger charge is -2.15. The normalized spacial score (nSPS) is 19.3. The van der Waals surface area contributed by atoms with Gasteiger partial charge in [-0.3, -0.25) is 0 Å². The van der Waals surface area contributed by atoms with Crippen molar-refractivity contribution in [1.82, 2.24) is 5.32 Å². The van der Waals surface area contributed by atoms with Gasteiger partial charge in [0, 0.05) is 19.5 Å². The molecule has 2 heterocycles. The molecule has 2 aliphatic heterocycles. The molecule has 2 aromatic carbocycles. The molecule has 2 atom stereocenters. The van der Waals surface area contributed by atoms with Crippen LogP contribution in [0.4, 0.5) is 0 Å². The van der Waals surface area contributed by atoms with E-state index in [1.807, 2.05) is 36.4 Å². The van der Waals surface area contributed by atoms with Crippen LogP contribution in [-0.4, -0.2) is 31.1 Å². The van der Waals surface area contributed by atoms with E-state index in [-0.39, 0.29) is 12.9 Å². The average molecular weight is 313 g/mol. The van der Waals surface area contributed by atoms with E-state index in [1.54, 1.807) is 0 Å². The summed E-state index contributed by atoms with van der Waals surface area (Å²) in [6.07, 6.45) is 0.438. The monoisotopic (exact) mass is 313 g/mol. The number of hydrogen-bond acceptors (Lipinski definition) is 5. The summed E-state index contributed by atoms with van der Waals surface area (Å²) in [7, 11) is 0. The predicted molar refractivity (Wildman–Crippen MR) is 85.0 cm³/mol. The average Bonchev–Trinajstić information content (AvgIpc) is 3.19. The van der Waals surface area contributed by atoms with Crippen LogP contribution in [0.1, 0.15) is 17.2 Å². The molecule has 0 aliphatic carbocycles. The van der Waals surface area contributed by atoms with Crippen LogP contribution in [0.25, 0.3) is 0 Å². The highest BCUT2D eigenvalue weighted by molar-refractivity contribution is 5.45. The first kappa shape index (κ1) is 14.4. The van der Waals surface area contributed by atoms with Crippen LogP contribution in [-0.2, 0) is 6.42 Å². The lowest BCUT2D eigenvalue weighted by molar-refractivity contribution is 0.162. The number of aliphatic hydroxyl groups excluding tert-OH is 1. The highest BCUT2D eigenvalue weighted by Gasteiger charge is 2.22. The van der Waals surface area contributed by atoms with Crippen LogP contribution in [0.2, 0.25) is 0 Å². The number of rotatable bonds is 5. The lowest BCUT2D eigenvalue weighted by Crippen LogP contribution is -2.32. The number of nitrogens with one attached hydrogen (secondary N) is 1. The summed E-state index contributed by atoms with van der Waals surface area (Å²) in [5.74, 6) is 2.39. The minimum absolute atomic E-state index is 0.122. The van der Waals surface area contributed by atoms with Crippen LogP contribution < -0.4 is 19.5 Å². The van der Waals surface area contributed by atoms with Gasteiger partial charge in [-0.05, 0) is 29.3 Å². The zero-order valence-corrected chi connectivity index (χ0v) is 12.7. The molecule has 0 bridgehead atoms. The number of ether oxygens (including phenoxy) is 3. The van der Waals surface area contributed by atoms with E-state index in [0.717, 1.165) is 23.5 Å². The second-order valence-electron chi connectivity index (χ2n) is 5.84. The number of fused-ring (bicyclic) bond motifs is 2. The molecule has 0 amide bonds. The Morgan fingerprint density at radius 1 is 1.09 bits per heavy atom. The smallest absolute Gasteiger partial charge is 0.231 e. The molecule has 120 valence electrons. The van der Waals surface area contributed by atoms with Crippen molar-refractivity contribution in [2.24, 2.45) is 0 Å². The second-order valence-corrected chi connectivity index (χ2v) is 5.84. The first-order valence-corrected chi connectivity index (χ1v) is 7.82.